The molecule has 0 spiro atoms. The number of anilines is 3. The van der Waals surface area contributed by atoms with Crippen LogP contribution in [0, 0.1) is 0 Å². The molecule has 0 aromatic heterocycles. The third-order valence-electron chi connectivity index (χ3n) is 10.0. The second-order valence-corrected chi connectivity index (χ2v) is 29.5. The predicted molar refractivity (Wildman–Crippen MR) is 259 cm³/mol. The van der Waals surface area contributed by atoms with E-state index < -0.39 is 30.1 Å². The van der Waals surface area contributed by atoms with Crippen molar-refractivity contribution in [3.63, 3.8) is 0 Å². The van der Waals surface area contributed by atoms with Gasteiger partial charge in [0, 0.05) is 22.3 Å². The molecule has 1 atom stereocenters. The van der Waals surface area contributed by atoms with Crippen molar-refractivity contribution in [1.82, 2.24) is 0 Å². The molecule has 1 nitrogen and oxygen atoms in total. The number of allylic oxidation sites excluding steroid dienone is 4. The highest BCUT2D eigenvalue weighted by Crippen LogP contribution is 2.46. The summed E-state index contributed by atoms with van der Waals surface area (Å²) in [5, 5.41) is 0.670. The van der Waals surface area contributed by atoms with Crippen LogP contribution in [0.25, 0.3) is 30.4 Å². The van der Waals surface area contributed by atoms with Gasteiger partial charge in [0.25, 0.3) is 0 Å². The van der Waals surface area contributed by atoms with Gasteiger partial charge in [0.05, 0.1) is 0 Å². The molecule has 286 valence electrons. The number of hydrogen-bond donors (Lipinski definition) is 0. The number of hydrogen-bond acceptors (Lipinski definition) is 1. The average molecular weight is 782 g/mol. The lowest BCUT2D eigenvalue weighted by molar-refractivity contribution is 1.03. The second kappa shape index (κ2) is 17.2. The molecule has 0 saturated heterocycles. The molecular weight excluding hydrogens is 723 g/mol. The van der Waals surface area contributed by atoms with Gasteiger partial charge in [-0.15, -0.1) is 0 Å². The highest BCUT2D eigenvalue weighted by molar-refractivity contribution is 8.33. The first-order valence-electron chi connectivity index (χ1n) is 18.9. The fraction of sp³-hybridized carbons (Fsp3) is 0.216. The standard InChI is InChI=1S/C51H59NS3/c1-53(2,3)49-34-22-43(23-35-49)13-10-40-16-28-46(29-17-40)52(47-30-18-41(19-31-47)11-14-44-24-36-50(37-25-44)54(4,5)6)48-32-20-42(21-33-48)12-15-45-26-38-51(39-27-45)55(7,8)9/h10-38,51H,39H2,1-9H3/b13-10+,14-11+,15-12+. The van der Waals surface area contributed by atoms with E-state index in [0.29, 0.717) is 5.25 Å². The van der Waals surface area contributed by atoms with Crippen LogP contribution in [-0.2, 0) is 0 Å². The van der Waals surface area contributed by atoms with Crippen LogP contribution >= 0.6 is 30.1 Å². The zero-order chi connectivity index (χ0) is 39.2. The number of benzene rings is 5. The summed E-state index contributed by atoms with van der Waals surface area (Å²) in [6.45, 7) is 0. The Balaban J connectivity index is 1.23. The van der Waals surface area contributed by atoms with Crippen molar-refractivity contribution in [3.8, 4) is 0 Å². The quantitative estimate of drug-likeness (QED) is 0.114. The molecular formula is C51H59NS3. The summed E-state index contributed by atoms with van der Waals surface area (Å²) in [5.74, 6) is 0. The van der Waals surface area contributed by atoms with E-state index >= 15 is 0 Å². The first-order valence-corrected chi connectivity index (χ1v) is 27.5. The molecule has 0 heterocycles. The van der Waals surface area contributed by atoms with Crippen LogP contribution in [0.5, 0.6) is 0 Å². The number of nitrogens with zero attached hydrogens (tertiary/aromatic N) is 1. The SMILES string of the molecule is CS(C)(C)c1ccc(/C=C/c2ccc(N(c3ccc(/C=C/C4=CCC(S(C)(C)C)C=C4)cc3)c3ccc(/C=C/c4ccc(S(C)(C)C)cc4)cc3)cc2)cc1. The molecule has 5 aromatic rings. The monoisotopic (exact) mass is 781 g/mol. The van der Waals surface area contributed by atoms with E-state index in [1.807, 2.05) is 0 Å². The van der Waals surface area contributed by atoms with Crippen molar-refractivity contribution < 1.29 is 0 Å². The molecule has 1 aliphatic carbocycles. The third kappa shape index (κ3) is 11.1. The van der Waals surface area contributed by atoms with Gasteiger partial charge in [-0.1, -0.05) is 115 Å². The minimum Gasteiger partial charge on any atom is -0.311 e. The highest BCUT2D eigenvalue weighted by Gasteiger charge is 2.18. The predicted octanol–water partition coefficient (Wildman–Crippen LogP) is 14.6. The van der Waals surface area contributed by atoms with Gasteiger partial charge in [0.1, 0.15) is 0 Å². The van der Waals surface area contributed by atoms with Crippen LogP contribution < -0.4 is 4.90 Å². The van der Waals surface area contributed by atoms with Crippen molar-refractivity contribution in [2.45, 2.75) is 21.5 Å². The Morgan fingerprint density at radius 2 is 0.727 bits per heavy atom. The minimum atomic E-state index is -0.723. The average Bonchev–Trinajstić information content (AvgIpc) is 3.16. The molecule has 0 fully saturated rings. The molecule has 1 unspecified atom stereocenters. The largest absolute Gasteiger partial charge is 0.311 e. The fourth-order valence-electron chi connectivity index (χ4n) is 6.47. The highest BCUT2D eigenvalue weighted by atomic mass is 32.3. The summed E-state index contributed by atoms with van der Waals surface area (Å²) in [5.41, 5.74) is 10.6. The summed E-state index contributed by atoms with van der Waals surface area (Å²) in [6, 6.07) is 44.7. The molecule has 0 radical (unpaired) electrons. The maximum atomic E-state index is 2.41. The van der Waals surface area contributed by atoms with Crippen molar-refractivity contribution in [1.29, 1.82) is 0 Å². The van der Waals surface area contributed by atoms with Gasteiger partial charge in [0.2, 0.25) is 0 Å². The molecule has 55 heavy (non-hydrogen) atoms. The van der Waals surface area contributed by atoms with E-state index in [4.69, 9.17) is 0 Å². The third-order valence-corrected chi connectivity index (χ3v) is 15.6. The van der Waals surface area contributed by atoms with E-state index in [2.05, 4.69) is 237 Å². The maximum absolute atomic E-state index is 2.41. The lowest BCUT2D eigenvalue weighted by Crippen LogP contribution is -2.14. The van der Waals surface area contributed by atoms with Gasteiger partial charge in [-0.05, 0) is 167 Å². The van der Waals surface area contributed by atoms with Gasteiger partial charge in [-0.3, -0.25) is 0 Å². The van der Waals surface area contributed by atoms with Crippen LogP contribution in [0.4, 0.5) is 17.1 Å². The lowest BCUT2D eigenvalue weighted by atomic mass is 10.0. The van der Waals surface area contributed by atoms with Crippen molar-refractivity contribution >= 4 is 77.5 Å². The number of rotatable bonds is 12. The normalized spacial score (nSPS) is 16.2. The first-order chi connectivity index (χ1) is 26.1. The molecule has 0 saturated carbocycles. The zero-order valence-electron chi connectivity index (χ0n) is 34.2. The minimum absolute atomic E-state index is 0.586. The molecule has 6 rings (SSSR count). The van der Waals surface area contributed by atoms with Crippen LogP contribution in [0.3, 0.4) is 0 Å². The molecule has 4 heteroatoms. The molecule has 0 N–H and O–H groups in total. The Labute approximate surface area is 337 Å². The van der Waals surface area contributed by atoms with Crippen molar-refractivity contribution in [2.24, 2.45) is 0 Å². The van der Waals surface area contributed by atoms with Crippen LogP contribution in [0.1, 0.15) is 34.2 Å². The Morgan fingerprint density at radius 3 is 1.00 bits per heavy atom. The fourth-order valence-corrected chi connectivity index (χ4v) is 9.60. The van der Waals surface area contributed by atoms with Crippen LogP contribution in [0.15, 0.2) is 161 Å². The smallest absolute Gasteiger partial charge is 0.0462 e. The Bertz CT molecular complexity index is 2070. The van der Waals surface area contributed by atoms with Crippen molar-refractivity contribution in [2.75, 3.05) is 61.2 Å². The molecule has 0 bridgehead atoms. The van der Waals surface area contributed by atoms with Gasteiger partial charge in [-0.2, -0.15) is 0 Å². The van der Waals surface area contributed by atoms with Gasteiger partial charge >= 0.3 is 0 Å². The van der Waals surface area contributed by atoms with E-state index in [1.54, 1.807) is 0 Å². The zero-order valence-corrected chi connectivity index (χ0v) is 36.6. The van der Waals surface area contributed by atoms with Crippen LogP contribution in [0.2, 0.25) is 0 Å². The van der Waals surface area contributed by atoms with Gasteiger partial charge < -0.3 is 4.90 Å². The van der Waals surface area contributed by atoms with Gasteiger partial charge in [0.15, 0.2) is 0 Å². The molecule has 0 aliphatic heterocycles. The Hall–Kier alpha value is -4.35. The summed E-state index contributed by atoms with van der Waals surface area (Å²) in [4.78, 5) is 5.21. The van der Waals surface area contributed by atoms with Crippen LogP contribution in [-0.4, -0.2) is 61.6 Å². The second-order valence-electron chi connectivity index (χ2n) is 16.7. The lowest BCUT2D eigenvalue weighted by Gasteiger charge is -2.34. The summed E-state index contributed by atoms with van der Waals surface area (Å²) >= 11 is 0. The topological polar surface area (TPSA) is 3.24 Å². The maximum Gasteiger partial charge on any atom is 0.0462 e. The van der Waals surface area contributed by atoms with E-state index in [0.717, 1.165) is 23.5 Å². The summed E-state index contributed by atoms with van der Waals surface area (Å²) in [6.07, 6.45) is 42.8. The molecule has 1 aliphatic rings. The Morgan fingerprint density at radius 1 is 0.418 bits per heavy atom. The summed E-state index contributed by atoms with van der Waals surface area (Å²) < 4.78 is 0. The first kappa shape index (κ1) is 40.3. The molecule has 5 aromatic carbocycles. The van der Waals surface area contributed by atoms with Crippen molar-refractivity contribution in [3.05, 3.63) is 179 Å². The van der Waals surface area contributed by atoms with E-state index in [1.165, 1.54) is 43.2 Å². The summed E-state index contributed by atoms with van der Waals surface area (Å²) in [7, 11) is -2.03. The van der Waals surface area contributed by atoms with Gasteiger partial charge in [-0.25, -0.2) is 30.1 Å². The molecule has 0 amide bonds. The van der Waals surface area contributed by atoms with E-state index in [-0.39, 0.29) is 0 Å². The Kier molecular flexibility index (Phi) is 12.6. The van der Waals surface area contributed by atoms with E-state index in [9.17, 15) is 0 Å².